The summed E-state index contributed by atoms with van der Waals surface area (Å²) in [5.74, 6) is -0.587. The first-order chi connectivity index (χ1) is 14.6. The molecule has 0 heterocycles. The summed E-state index contributed by atoms with van der Waals surface area (Å²) >= 11 is 0. The van der Waals surface area contributed by atoms with Crippen molar-refractivity contribution in [1.29, 1.82) is 0 Å². The molecule has 0 aliphatic carbocycles. The van der Waals surface area contributed by atoms with Gasteiger partial charge >= 0.3 is 6.09 Å². The summed E-state index contributed by atoms with van der Waals surface area (Å²) in [5.41, 5.74) is 1.53. The molecule has 0 aliphatic rings. The highest BCUT2D eigenvalue weighted by atomic mass is 16.6. The first kappa shape index (κ1) is 27.5. The van der Waals surface area contributed by atoms with Gasteiger partial charge in [-0.05, 0) is 85.4 Å². The number of ether oxygens (including phenoxy) is 1. The fourth-order valence-corrected chi connectivity index (χ4v) is 3.53. The van der Waals surface area contributed by atoms with Gasteiger partial charge in [0, 0.05) is 12.1 Å². The Kier molecular flexibility index (Phi) is 9.30. The minimum atomic E-state index is -0.856. The second-order valence-electron chi connectivity index (χ2n) is 10.3. The van der Waals surface area contributed by atoms with Crippen molar-refractivity contribution in [3.63, 3.8) is 0 Å². The van der Waals surface area contributed by atoms with E-state index in [1.54, 1.807) is 32.6 Å². The highest BCUT2D eigenvalue weighted by molar-refractivity contribution is 5.92. The highest BCUT2D eigenvalue weighted by Gasteiger charge is 2.36. The second kappa shape index (κ2) is 10.8. The molecule has 0 aliphatic heterocycles. The molecule has 0 spiro atoms. The maximum Gasteiger partial charge on any atom is 0.408 e. The monoisotopic (exact) mass is 447 g/mol. The summed E-state index contributed by atoms with van der Waals surface area (Å²) in [4.78, 5) is 40.8. The Bertz CT molecular complexity index is 801. The van der Waals surface area contributed by atoms with Crippen LogP contribution >= 0.6 is 0 Å². The van der Waals surface area contributed by atoms with E-state index in [2.05, 4.69) is 10.6 Å². The number of nitrogens with one attached hydrogen (secondary N) is 2. The fourth-order valence-electron chi connectivity index (χ4n) is 3.53. The number of nitrogens with zero attached hydrogens (tertiary/aromatic N) is 1. The van der Waals surface area contributed by atoms with Gasteiger partial charge in [0.15, 0.2) is 0 Å². The third-order valence-electron chi connectivity index (χ3n) is 4.73. The van der Waals surface area contributed by atoms with E-state index in [4.69, 9.17) is 4.74 Å². The van der Waals surface area contributed by atoms with Crippen molar-refractivity contribution in [2.24, 2.45) is 0 Å². The normalized spacial score (nSPS) is 13.7. The number of carbonyl (C=O) groups is 3. The molecule has 32 heavy (non-hydrogen) atoms. The van der Waals surface area contributed by atoms with Crippen LogP contribution in [0.1, 0.15) is 84.5 Å². The van der Waals surface area contributed by atoms with Gasteiger partial charge in [0.25, 0.3) is 0 Å². The van der Waals surface area contributed by atoms with Crippen LogP contribution in [0, 0.1) is 13.8 Å². The molecule has 2 N–H and O–H groups in total. The third-order valence-corrected chi connectivity index (χ3v) is 4.73. The number of rotatable bonds is 7. The standard InChI is InChI=1S/C25H41N3O4/c1-11-15-28(22(30)18(4)26-23(31)32-25(8,9)10)20(21(29)27-24(5,6)7)19-16(2)13-12-14-17(19)3/h12-14,18,20H,11,15H2,1-10H3,(H,26,31)(H,27,29). The van der Waals surface area contributed by atoms with Crippen LogP contribution in [0.2, 0.25) is 0 Å². The number of alkyl carbamates (subject to hydrolysis) is 1. The first-order valence-corrected chi connectivity index (χ1v) is 11.3. The van der Waals surface area contributed by atoms with Crippen LogP contribution in [0.4, 0.5) is 4.79 Å². The topological polar surface area (TPSA) is 87.7 Å². The molecule has 0 bridgehead atoms. The number of hydrogen-bond donors (Lipinski definition) is 2. The number of aryl methyl sites for hydroxylation is 2. The summed E-state index contributed by atoms with van der Waals surface area (Å²) in [6.45, 7) is 18.8. The van der Waals surface area contributed by atoms with Crippen LogP contribution in [-0.2, 0) is 14.3 Å². The fraction of sp³-hybridized carbons (Fsp3) is 0.640. The molecular formula is C25H41N3O4. The lowest BCUT2D eigenvalue weighted by molar-refractivity contribution is -0.142. The van der Waals surface area contributed by atoms with Crippen molar-refractivity contribution in [3.8, 4) is 0 Å². The molecule has 1 aromatic rings. The molecular weight excluding hydrogens is 406 g/mol. The Hall–Kier alpha value is -2.57. The van der Waals surface area contributed by atoms with Crippen molar-refractivity contribution >= 4 is 17.9 Å². The number of benzene rings is 1. The molecule has 7 nitrogen and oxygen atoms in total. The van der Waals surface area contributed by atoms with E-state index < -0.39 is 29.3 Å². The molecule has 1 rings (SSSR count). The smallest absolute Gasteiger partial charge is 0.408 e. The highest BCUT2D eigenvalue weighted by Crippen LogP contribution is 2.29. The minimum Gasteiger partial charge on any atom is -0.444 e. The second-order valence-corrected chi connectivity index (χ2v) is 10.3. The van der Waals surface area contributed by atoms with Crippen molar-refractivity contribution < 1.29 is 19.1 Å². The molecule has 0 aromatic heterocycles. The van der Waals surface area contributed by atoms with E-state index in [1.807, 2.05) is 59.7 Å². The molecule has 0 saturated heterocycles. The van der Waals surface area contributed by atoms with Crippen molar-refractivity contribution in [1.82, 2.24) is 15.5 Å². The minimum absolute atomic E-state index is 0.249. The van der Waals surface area contributed by atoms with E-state index in [9.17, 15) is 14.4 Å². The van der Waals surface area contributed by atoms with Gasteiger partial charge in [0.2, 0.25) is 11.8 Å². The Morgan fingerprint density at radius 2 is 1.56 bits per heavy atom. The van der Waals surface area contributed by atoms with E-state index in [-0.39, 0.29) is 11.8 Å². The Labute approximate surface area is 193 Å². The Morgan fingerprint density at radius 3 is 2.00 bits per heavy atom. The SMILES string of the molecule is CCCN(C(=O)C(C)NC(=O)OC(C)(C)C)C(C(=O)NC(C)(C)C)c1c(C)cccc1C. The number of hydrogen-bond acceptors (Lipinski definition) is 4. The maximum absolute atomic E-state index is 13.5. The predicted octanol–water partition coefficient (Wildman–Crippen LogP) is 4.41. The Morgan fingerprint density at radius 1 is 1.03 bits per heavy atom. The molecule has 2 atom stereocenters. The van der Waals surface area contributed by atoms with Crippen molar-refractivity contribution in [3.05, 3.63) is 34.9 Å². The van der Waals surface area contributed by atoms with Gasteiger partial charge in [-0.1, -0.05) is 25.1 Å². The molecule has 1 aromatic carbocycles. The van der Waals surface area contributed by atoms with E-state index in [1.165, 1.54) is 0 Å². The van der Waals surface area contributed by atoms with Crippen LogP contribution in [0.5, 0.6) is 0 Å². The van der Waals surface area contributed by atoms with Gasteiger partial charge < -0.3 is 20.3 Å². The zero-order chi connectivity index (χ0) is 24.9. The van der Waals surface area contributed by atoms with E-state index in [0.717, 1.165) is 16.7 Å². The molecule has 0 fully saturated rings. The molecule has 180 valence electrons. The summed E-state index contributed by atoms with van der Waals surface area (Å²) in [6, 6.07) is 4.15. The van der Waals surface area contributed by atoms with Crippen LogP contribution in [-0.4, -0.2) is 46.5 Å². The van der Waals surface area contributed by atoms with E-state index in [0.29, 0.717) is 13.0 Å². The quantitative estimate of drug-likeness (QED) is 0.648. The van der Waals surface area contributed by atoms with Crippen LogP contribution in [0.15, 0.2) is 18.2 Å². The van der Waals surface area contributed by atoms with Crippen LogP contribution in [0.3, 0.4) is 0 Å². The Balaban J connectivity index is 3.39. The maximum atomic E-state index is 13.5. The third kappa shape index (κ3) is 8.17. The van der Waals surface area contributed by atoms with E-state index >= 15 is 0 Å². The van der Waals surface area contributed by atoms with Crippen LogP contribution < -0.4 is 10.6 Å². The number of carbonyl (C=O) groups excluding carboxylic acids is 3. The molecule has 2 unspecified atom stereocenters. The summed E-state index contributed by atoms with van der Waals surface area (Å²) in [6.07, 6.45) is -0.00709. The molecule has 3 amide bonds. The predicted molar refractivity (Wildman–Crippen MR) is 127 cm³/mol. The molecule has 0 radical (unpaired) electrons. The largest absolute Gasteiger partial charge is 0.444 e. The summed E-state index contributed by atoms with van der Waals surface area (Å²) < 4.78 is 5.29. The lowest BCUT2D eigenvalue weighted by Gasteiger charge is -2.36. The molecule has 7 heteroatoms. The van der Waals surface area contributed by atoms with Gasteiger partial charge in [-0.3, -0.25) is 9.59 Å². The van der Waals surface area contributed by atoms with Crippen molar-refractivity contribution in [2.45, 2.75) is 98.9 Å². The van der Waals surface area contributed by atoms with Gasteiger partial charge in [0.1, 0.15) is 17.7 Å². The van der Waals surface area contributed by atoms with Gasteiger partial charge in [-0.15, -0.1) is 0 Å². The van der Waals surface area contributed by atoms with Gasteiger partial charge in [-0.2, -0.15) is 0 Å². The van der Waals surface area contributed by atoms with Gasteiger partial charge in [-0.25, -0.2) is 4.79 Å². The average molecular weight is 448 g/mol. The lowest BCUT2D eigenvalue weighted by atomic mass is 9.93. The zero-order valence-corrected chi connectivity index (χ0v) is 21.4. The molecule has 0 saturated carbocycles. The van der Waals surface area contributed by atoms with Crippen LogP contribution in [0.25, 0.3) is 0 Å². The number of amides is 3. The lowest BCUT2D eigenvalue weighted by Crippen LogP contribution is -2.54. The first-order valence-electron chi connectivity index (χ1n) is 11.3. The van der Waals surface area contributed by atoms with Crippen molar-refractivity contribution in [2.75, 3.05) is 6.54 Å². The van der Waals surface area contributed by atoms with Gasteiger partial charge in [0.05, 0.1) is 0 Å². The summed E-state index contributed by atoms with van der Waals surface area (Å²) in [5, 5.41) is 5.65. The average Bonchev–Trinajstić information content (AvgIpc) is 2.59. The zero-order valence-electron chi connectivity index (χ0n) is 21.4. The summed E-state index contributed by atoms with van der Waals surface area (Å²) in [7, 11) is 0.